The minimum absolute atomic E-state index is 0. The summed E-state index contributed by atoms with van der Waals surface area (Å²) in [6, 6.07) is 21.6. The third-order valence-electron chi connectivity index (χ3n) is 4.43. The van der Waals surface area contributed by atoms with Crippen LogP contribution >= 0.6 is 12.4 Å². The molecule has 0 saturated carbocycles. The molecule has 0 heterocycles. The summed E-state index contributed by atoms with van der Waals surface area (Å²) in [6.45, 7) is 1.82. The largest absolute Gasteiger partial charge is 0.508 e. The first kappa shape index (κ1) is 16.2. The number of benzene rings is 4. The van der Waals surface area contributed by atoms with Gasteiger partial charge in [-0.15, -0.1) is 12.4 Å². The second kappa shape index (κ2) is 6.06. The molecule has 0 bridgehead atoms. The maximum atomic E-state index is 10.3. The third kappa shape index (κ3) is 2.45. The van der Waals surface area contributed by atoms with Crippen molar-refractivity contribution in [2.75, 3.05) is 0 Å². The quantitative estimate of drug-likeness (QED) is 0.340. The fourth-order valence-electron chi connectivity index (χ4n) is 3.21. The number of phenols is 2. The molecule has 120 valence electrons. The lowest BCUT2D eigenvalue weighted by Gasteiger charge is -2.13. The van der Waals surface area contributed by atoms with Crippen molar-refractivity contribution in [3.63, 3.8) is 0 Å². The van der Waals surface area contributed by atoms with E-state index < -0.39 is 0 Å². The van der Waals surface area contributed by atoms with Crippen molar-refractivity contribution in [3.05, 3.63) is 72.3 Å². The van der Waals surface area contributed by atoms with E-state index in [1.807, 2.05) is 31.2 Å². The highest BCUT2D eigenvalue weighted by molar-refractivity contribution is 6.06. The van der Waals surface area contributed by atoms with E-state index in [9.17, 15) is 10.2 Å². The lowest BCUT2D eigenvalue weighted by molar-refractivity contribution is 0.458. The fourth-order valence-corrected chi connectivity index (χ4v) is 3.21. The predicted octanol–water partition coefficient (Wildman–Crippen LogP) is 5.80. The molecule has 0 radical (unpaired) electrons. The van der Waals surface area contributed by atoms with Crippen molar-refractivity contribution in [1.82, 2.24) is 0 Å². The first-order chi connectivity index (χ1) is 11.1. The highest BCUT2D eigenvalue weighted by Crippen LogP contribution is 2.40. The second-order valence-electron chi connectivity index (χ2n) is 5.83. The molecule has 24 heavy (non-hydrogen) atoms. The summed E-state index contributed by atoms with van der Waals surface area (Å²) < 4.78 is 0. The Morgan fingerprint density at radius 3 is 2.04 bits per heavy atom. The smallest absolute Gasteiger partial charge is 0.123 e. The van der Waals surface area contributed by atoms with Gasteiger partial charge in [-0.3, -0.25) is 0 Å². The van der Waals surface area contributed by atoms with Crippen LogP contribution in [0.4, 0.5) is 0 Å². The van der Waals surface area contributed by atoms with Gasteiger partial charge in [0.05, 0.1) is 0 Å². The topological polar surface area (TPSA) is 40.5 Å². The van der Waals surface area contributed by atoms with Crippen LogP contribution in [0.1, 0.15) is 5.56 Å². The number of aromatic hydroxyl groups is 2. The first-order valence-corrected chi connectivity index (χ1v) is 7.58. The van der Waals surface area contributed by atoms with Gasteiger partial charge in [0.25, 0.3) is 0 Å². The van der Waals surface area contributed by atoms with Gasteiger partial charge < -0.3 is 10.2 Å². The molecule has 2 nitrogen and oxygen atoms in total. The van der Waals surface area contributed by atoms with Crippen LogP contribution in [-0.4, -0.2) is 10.2 Å². The lowest BCUT2D eigenvalue weighted by Crippen LogP contribution is -1.88. The number of hydrogen-bond donors (Lipinski definition) is 2. The maximum absolute atomic E-state index is 10.3. The molecule has 0 saturated heterocycles. The van der Waals surface area contributed by atoms with E-state index in [1.165, 1.54) is 17.5 Å². The van der Waals surface area contributed by atoms with Crippen molar-refractivity contribution in [2.24, 2.45) is 0 Å². The average Bonchev–Trinajstić information content (AvgIpc) is 2.57. The highest BCUT2D eigenvalue weighted by Gasteiger charge is 2.14. The zero-order valence-electron chi connectivity index (χ0n) is 13.2. The van der Waals surface area contributed by atoms with Crippen LogP contribution in [-0.2, 0) is 0 Å². The normalized spacial score (nSPS) is 10.7. The molecule has 0 spiro atoms. The zero-order chi connectivity index (χ0) is 16.0. The molecular weight excluding hydrogens is 320 g/mol. The molecule has 0 aliphatic rings. The lowest BCUT2D eigenvalue weighted by atomic mass is 9.92. The van der Waals surface area contributed by atoms with E-state index in [0.717, 1.165) is 21.7 Å². The Balaban J connectivity index is 0.00000169. The van der Waals surface area contributed by atoms with Crippen LogP contribution in [0.3, 0.4) is 0 Å². The molecule has 2 N–H and O–H groups in total. The van der Waals surface area contributed by atoms with Crippen molar-refractivity contribution in [2.45, 2.75) is 6.92 Å². The first-order valence-electron chi connectivity index (χ1n) is 7.58. The molecule has 0 amide bonds. The van der Waals surface area contributed by atoms with E-state index in [0.29, 0.717) is 11.1 Å². The maximum Gasteiger partial charge on any atom is 0.123 e. The van der Waals surface area contributed by atoms with Crippen LogP contribution < -0.4 is 0 Å². The summed E-state index contributed by atoms with van der Waals surface area (Å²) in [5.74, 6) is 0.372. The van der Waals surface area contributed by atoms with Crippen molar-refractivity contribution >= 4 is 34.0 Å². The second-order valence-corrected chi connectivity index (χ2v) is 5.83. The fraction of sp³-hybridized carbons (Fsp3) is 0.0476. The Kier molecular flexibility index (Phi) is 4.08. The minimum Gasteiger partial charge on any atom is -0.508 e. The summed E-state index contributed by atoms with van der Waals surface area (Å²) in [5, 5.41) is 24.9. The summed E-state index contributed by atoms with van der Waals surface area (Å²) >= 11 is 0. The van der Waals surface area contributed by atoms with Crippen LogP contribution in [0.15, 0.2) is 66.7 Å². The Morgan fingerprint density at radius 1 is 0.667 bits per heavy atom. The van der Waals surface area contributed by atoms with E-state index in [4.69, 9.17) is 0 Å². The Bertz CT molecular complexity index is 1050. The predicted molar refractivity (Wildman–Crippen MR) is 102 cm³/mol. The van der Waals surface area contributed by atoms with Gasteiger partial charge in [-0.05, 0) is 58.3 Å². The van der Waals surface area contributed by atoms with E-state index in [-0.39, 0.29) is 23.9 Å². The molecule has 0 aliphatic heterocycles. The van der Waals surface area contributed by atoms with Crippen LogP contribution in [0, 0.1) is 6.92 Å². The van der Waals surface area contributed by atoms with Crippen LogP contribution in [0.2, 0.25) is 0 Å². The third-order valence-corrected chi connectivity index (χ3v) is 4.43. The molecule has 4 aromatic rings. The van der Waals surface area contributed by atoms with Gasteiger partial charge in [-0.2, -0.15) is 0 Å². The Morgan fingerprint density at radius 2 is 1.29 bits per heavy atom. The zero-order valence-corrected chi connectivity index (χ0v) is 14.0. The molecule has 0 unspecified atom stereocenters. The van der Waals surface area contributed by atoms with Gasteiger partial charge >= 0.3 is 0 Å². The van der Waals surface area contributed by atoms with E-state index >= 15 is 0 Å². The summed E-state index contributed by atoms with van der Waals surface area (Å²) in [7, 11) is 0. The van der Waals surface area contributed by atoms with E-state index in [1.54, 1.807) is 0 Å². The minimum atomic E-state index is 0. The van der Waals surface area contributed by atoms with Gasteiger partial charge in [-0.1, -0.05) is 42.5 Å². The standard InChI is InChI=1S/C21H16O2.ClH/c1-13-19(22)9-10-20(23)21(13)17-8-4-7-16-11-14-5-2-3-6-15(14)12-18(16)17;/h2-12,22-23H,1H3;1H. The SMILES string of the molecule is Cc1c(O)ccc(O)c1-c1cccc2cc3ccccc3cc12.Cl. The molecule has 4 rings (SSSR count). The van der Waals surface area contributed by atoms with Gasteiger partial charge in [0.2, 0.25) is 0 Å². The number of phenolic OH excluding ortho intramolecular Hbond substituents is 2. The van der Waals surface area contributed by atoms with Crippen LogP contribution in [0.25, 0.3) is 32.7 Å². The number of rotatable bonds is 1. The number of halogens is 1. The van der Waals surface area contributed by atoms with Gasteiger partial charge in [0.15, 0.2) is 0 Å². The monoisotopic (exact) mass is 336 g/mol. The molecular formula is C21H17ClO2. The van der Waals surface area contributed by atoms with Crippen molar-refractivity contribution in [3.8, 4) is 22.6 Å². The highest BCUT2D eigenvalue weighted by atomic mass is 35.5. The Labute approximate surface area is 146 Å². The summed E-state index contributed by atoms with van der Waals surface area (Å²) in [6.07, 6.45) is 0. The Hall–Kier alpha value is -2.71. The van der Waals surface area contributed by atoms with Crippen molar-refractivity contribution in [1.29, 1.82) is 0 Å². The van der Waals surface area contributed by atoms with Crippen LogP contribution in [0.5, 0.6) is 11.5 Å². The average molecular weight is 337 g/mol. The molecule has 0 fully saturated rings. The van der Waals surface area contributed by atoms with Gasteiger partial charge in [-0.25, -0.2) is 0 Å². The molecule has 0 aliphatic carbocycles. The molecule has 4 aromatic carbocycles. The van der Waals surface area contributed by atoms with E-state index in [2.05, 4.69) is 30.3 Å². The number of hydrogen-bond acceptors (Lipinski definition) is 2. The summed E-state index contributed by atoms with van der Waals surface area (Å²) in [4.78, 5) is 0. The molecule has 0 aromatic heterocycles. The van der Waals surface area contributed by atoms with Gasteiger partial charge in [0, 0.05) is 11.1 Å². The van der Waals surface area contributed by atoms with Gasteiger partial charge in [0.1, 0.15) is 11.5 Å². The summed E-state index contributed by atoms with van der Waals surface area (Å²) in [5.41, 5.74) is 2.30. The van der Waals surface area contributed by atoms with Crippen molar-refractivity contribution < 1.29 is 10.2 Å². The molecule has 0 atom stereocenters. The molecule has 3 heteroatoms. The number of fused-ring (bicyclic) bond motifs is 2.